The molecule has 0 atom stereocenters. The Morgan fingerprint density at radius 3 is 2.18 bits per heavy atom. The predicted octanol–water partition coefficient (Wildman–Crippen LogP) is 10.3. The highest BCUT2D eigenvalue weighted by molar-refractivity contribution is 7.26. The summed E-state index contributed by atoms with van der Waals surface area (Å²) >= 11 is 1.83. The molecular formula is C39H20N4S. The lowest BCUT2D eigenvalue weighted by molar-refractivity contribution is 1.09. The van der Waals surface area contributed by atoms with Crippen LogP contribution in [0.5, 0.6) is 0 Å². The van der Waals surface area contributed by atoms with Crippen LogP contribution in [0.2, 0.25) is 0 Å². The van der Waals surface area contributed by atoms with E-state index >= 15 is 0 Å². The second kappa shape index (κ2) is 9.24. The van der Waals surface area contributed by atoms with Crippen LogP contribution in [0.25, 0.3) is 80.6 Å². The Morgan fingerprint density at radius 2 is 1.32 bits per heavy atom. The first-order chi connectivity index (χ1) is 21.7. The van der Waals surface area contributed by atoms with E-state index in [0.29, 0.717) is 22.3 Å². The Labute approximate surface area is 255 Å². The minimum atomic E-state index is 0.275. The van der Waals surface area contributed by atoms with Gasteiger partial charge in [-0.05, 0) is 52.2 Å². The van der Waals surface area contributed by atoms with E-state index in [4.69, 9.17) is 4.98 Å². The molecule has 3 aromatic heterocycles. The molecule has 0 unspecified atom stereocenters. The van der Waals surface area contributed by atoms with Gasteiger partial charge in [-0.2, -0.15) is 10.5 Å². The van der Waals surface area contributed by atoms with Crippen molar-refractivity contribution in [3.63, 3.8) is 0 Å². The van der Waals surface area contributed by atoms with Crippen LogP contribution >= 0.6 is 11.3 Å². The van der Waals surface area contributed by atoms with Crippen LogP contribution in [0.1, 0.15) is 11.1 Å². The molecule has 0 aliphatic carbocycles. The van der Waals surface area contributed by atoms with Gasteiger partial charge in [-0.1, -0.05) is 91.0 Å². The Morgan fingerprint density at radius 1 is 0.591 bits per heavy atom. The molecule has 9 rings (SSSR count). The minimum absolute atomic E-state index is 0.275. The number of thiophene rings is 1. The van der Waals surface area contributed by atoms with Crippen molar-refractivity contribution in [1.82, 2.24) is 9.55 Å². The molecule has 0 saturated carbocycles. The summed E-state index contributed by atoms with van der Waals surface area (Å²) in [5, 5.41) is 28.3. The quantitative estimate of drug-likeness (QED) is 0.206. The monoisotopic (exact) mass is 576 g/mol. The number of nitrogens with zero attached hydrogens (tertiary/aromatic N) is 4. The largest absolute Gasteiger partial charge is 0.293 e. The van der Waals surface area contributed by atoms with Gasteiger partial charge in [-0.25, -0.2) is 4.98 Å². The van der Waals surface area contributed by atoms with Crippen molar-refractivity contribution < 1.29 is 0 Å². The van der Waals surface area contributed by atoms with E-state index in [0.717, 1.165) is 38.1 Å². The number of para-hydroxylation sites is 1. The maximum Gasteiger partial charge on any atom is 0.157 e. The third-order valence-corrected chi connectivity index (χ3v) is 9.90. The van der Waals surface area contributed by atoms with Crippen molar-refractivity contribution in [2.75, 3.05) is 0 Å². The average molecular weight is 577 g/mol. The van der Waals surface area contributed by atoms with Gasteiger partial charge in [0.25, 0.3) is 0 Å². The summed E-state index contributed by atoms with van der Waals surface area (Å²) in [6.45, 7) is 0. The lowest BCUT2D eigenvalue weighted by Gasteiger charge is -2.12. The number of pyridine rings is 1. The van der Waals surface area contributed by atoms with Crippen LogP contribution in [0.3, 0.4) is 0 Å². The SMILES string of the molecule is N#Cc1c(-n2c3ccc(-c4cccc5c4sc4ccccc45)cc3c3c4ccccc4ccc32)nc2ccccc2c1C#N. The molecule has 44 heavy (non-hydrogen) atoms. The summed E-state index contributed by atoms with van der Waals surface area (Å²) in [4.78, 5) is 5.01. The first-order valence-electron chi connectivity index (χ1n) is 14.3. The molecule has 6 aromatic carbocycles. The number of hydrogen-bond donors (Lipinski definition) is 0. The second-order valence-corrected chi connectivity index (χ2v) is 12.0. The molecule has 0 N–H and O–H groups in total. The zero-order valence-corrected chi connectivity index (χ0v) is 24.1. The summed E-state index contributed by atoms with van der Waals surface area (Å²) in [6, 6.07) is 46.5. The minimum Gasteiger partial charge on any atom is -0.293 e. The molecule has 5 heteroatoms. The number of rotatable bonds is 2. The smallest absolute Gasteiger partial charge is 0.157 e. The van der Waals surface area contributed by atoms with Crippen LogP contribution in [-0.2, 0) is 0 Å². The lowest BCUT2D eigenvalue weighted by atomic mass is 9.99. The van der Waals surface area contributed by atoms with Crippen molar-refractivity contribution in [2.24, 2.45) is 0 Å². The van der Waals surface area contributed by atoms with E-state index in [1.165, 1.54) is 25.7 Å². The van der Waals surface area contributed by atoms with Gasteiger partial charge in [-0.3, -0.25) is 4.57 Å². The third kappa shape index (κ3) is 3.33. The van der Waals surface area contributed by atoms with Gasteiger partial charge in [0.2, 0.25) is 0 Å². The van der Waals surface area contributed by atoms with Crippen LogP contribution < -0.4 is 0 Å². The van der Waals surface area contributed by atoms with Crippen molar-refractivity contribution in [3.05, 3.63) is 132 Å². The van der Waals surface area contributed by atoms with E-state index in [2.05, 4.69) is 114 Å². The molecule has 3 heterocycles. The molecule has 0 amide bonds. The van der Waals surface area contributed by atoms with Gasteiger partial charge in [0.15, 0.2) is 5.82 Å². The summed E-state index contributed by atoms with van der Waals surface area (Å²) in [6.07, 6.45) is 0. The van der Waals surface area contributed by atoms with Crippen molar-refractivity contribution in [1.29, 1.82) is 10.5 Å². The zero-order chi connectivity index (χ0) is 29.4. The highest BCUT2D eigenvalue weighted by Gasteiger charge is 2.22. The van der Waals surface area contributed by atoms with Gasteiger partial charge >= 0.3 is 0 Å². The van der Waals surface area contributed by atoms with E-state index in [1.807, 2.05) is 35.6 Å². The van der Waals surface area contributed by atoms with Gasteiger partial charge in [0.1, 0.15) is 17.7 Å². The van der Waals surface area contributed by atoms with Gasteiger partial charge in [-0.15, -0.1) is 11.3 Å². The fourth-order valence-electron chi connectivity index (χ4n) is 6.74. The standard InChI is InChI=1S/C39H20N4S/c40-21-31-27-10-3-5-14-33(27)42-39(32(31)22-41)43-34-18-17-24(20-30(34)37-25-9-2-1-8-23(25)16-19-35(37)43)26-12-7-13-29-28-11-4-6-15-36(28)44-38(26)29/h1-20H. The Kier molecular flexibility index (Phi) is 5.16. The van der Waals surface area contributed by atoms with Crippen LogP contribution in [0, 0.1) is 22.7 Å². The Balaban J connectivity index is 1.42. The molecule has 0 radical (unpaired) electrons. The van der Waals surface area contributed by atoms with Crippen molar-refractivity contribution in [3.8, 4) is 29.1 Å². The first kappa shape index (κ1) is 24.6. The predicted molar refractivity (Wildman–Crippen MR) is 181 cm³/mol. The van der Waals surface area contributed by atoms with Crippen molar-refractivity contribution >= 4 is 75.0 Å². The van der Waals surface area contributed by atoms with Gasteiger partial charge < -0.3 is 0 Å². The van der Waals surface area contributed by atoms with Crippen LogP contribution in [0.15, 0.2) is 121 Å². The van der Waals surface area contributed by atoms with Gasteiger partial charge in [0, 0.05) is 36.3 Å². The van der Waals surface area contributed by atoms with Crippen LogP contribution in [-0.4, -0.2) is 9.55 Å². The van der Waals surface area contributed by atoms with E-state index in [9.17, 15) is 10.5 Å². The zero-order valence-electron chi connectivity index (χ0n) is 23.2. The molecule has 0 spiro atoms. The Bertz CT molecular complexity index is 2750. The first-order valence-corrected chi connectivity index (χ1v) is 15.2. The summed E-state index contributed by atoms with van der Waals surface area (Å²) in [5.41, 5.74) is 5.51. The molecule has 9 aromatic rings. The van der Waals surface area contributed by atoms with Crippen LogP contribution in [0.4, 0.5) is 0 Å². The molecule has 202 valence electrons. The molecule has 0 aliphatic heterocycles. The number of benzene rings is 6. The van der Waals surface area contributed by atoms with Gasteiger partial charge in [0.05, 0.1) is 22.1 Å². The maximum atomic E-state index is 10.4. The highest BCUT2D eigenvalue weighted by Crippen LogP contribution is 2.43. The summed E-state index contributed by atoms with van der Waals surface area (Å²) in [7, 11) is 0. The lowest BCUT2D eigenvalue weighted by Crippen LogP contribution is -2.04. The number of fused-ring (bicyclic) bond motifs is 9. The number of aromatic nitrogens is 2. The molecule has 0 fully saturated rings. The topological polar surface area (TPSA) is 65.4 Å². The third-order valence-electron chi connectivity index (χ3n) is 8.68. The average Bonchev–Trinajstić information content (AvgIpc) is 3.63. The van der Waals surface area contributed by atoms with E-state index in [-0.39, 0.29) is 5.56 Å². The molecule has 0 aliphatic rings. The second-order valence-electron chi connectivity index (χ2n) is 11.0. The van der Waals surface area contributed by atoms with E-state index in [1.54, 1.807) is 0 Å². The normalized spacial score (nSPS) is 11.6. The maximum absolute atomic E-state index is 10.4. The highest BCUT2D eigenvalue weighted by atomic mass is 32.1. The molecule has 0 saturated heterocycles. The summed E-state index contributed by atoms with van der Waals surface area (Å²) in [5.74, 6) is 0.470. The molecule has 4 nitrogen and oxygen atoms in total. The van der Waals surface area contributed by atoms with E-state index < -0.39 is 0 Å². The summed E-state index contributed by atoms with van der Waals surface area (Å²) < 4.78 is 4.61. The fourth-order valence-corrected chi connectivity index (χ4v) is 7.98. The fraction of sp³-hybridized carbons (Fsp3) is 0. The molecule has 0 bridgehead atoms. The number of nitriles is 2. The number of hydrogen-bond acceptors (Lipinski definition) is 4. The molecular weight excluding hydrogens is 557 g/mol. The van der Waals surface area contributed by atoms with Crippen molar-refractivity contribution in [2.45, 2.75) is 0 Å². The Hall–Kier alpha value is -6.01.